The van der Waals surface area contributed by atoms with E-state index in [4.69, 9.17) is 4.74 Å². The van der Waals surface area contributed by atoms with E-state index in [0.717, 1.165) is 11.4 Å². The average molecular weight is 394 g/mol. The van der Waals surface area contributed by atoms with Gasteiger partial charge in [-0.1, -0.05) is 12.1 Å². The van der Waals surface area contributed by atoms with Crippen LogP contribution in [0, 0.1) is 0 Å². The number of benzene rings is 2. The van der Waals surface area contributed by atoms with Gasteiger partial charge in [-0.05, 0) is 36.4 Å². The van der Waals surface area contributed by atoms with Crippen LogP contribution in [0.25, 0.3) is 11.0 Å². The van der Waals surface area contributed by atoms with Crippen LogP contribution in [-0.4, -0.2) is 53.6 Å². The van der Waals surface area contributed by atoms with E-state index in [1.165, 1.54) is 4.57 Å². The third-order valence-electron chi connectivity index (χ3n) is 5.25. The molecule has 150 valence electrons. The first kappa shape index (κ1) is 18.8. The number of anilines is 1. The van der Waals surface area contributed by atoms with Crippen LogP contribution in [-0.2, 0) is 11.3 Å². The van der Waals surface area contributed by atoms with Crippen molar-refractivity contribution < 1.29 is 9.53 Å². The Morgan fingerprint density at radius 1 is 1.00 bits per heavy atom. The maximum Gasteiger partial charge on any atom is 0.317 e. The summed E-state index contributed by atoms with van der Waals surface area (Å²) < 4.78 is 6.44. The van der Waals surface area contributed by atoms with Crippen LogP contribution in [0.3, 0.4) is 0 Å². The number of carbonyl (C=O) groups excluding carboxylic acids is 1. The number of amides is 1. The normalized spacial score (nSPS) is 14.2. The third kappa shape index (κ3) is 3.73. The molecule has 0 unspecified atom stereocenters. The Kier molecular flexibility index (Phi) is 5.07. The molecular weight excluding hydrogens is 372 g/mol. The van der Waals surface area contributed by atoms with E-state index in [1.54, 1.807) is 36.3 Å². The van der Waals surface area contributed by atoms with Gasteiger partial charge in [0.1, 0.15) is 12.3 Å². The van der Waals surface area contributed by atoms with Gasteiger partial charge in [-0.25, -0.2) is 0 Å². The molecule has 1 aliphatic rings. The van der Waals surface area contributed by atoms with Gasteiger partial charge in [-0.15, -0.1) is 0 Å². The fourth-order valence-electron chi connectivity index (χ4n) is 3.62. The number of methoxy groups -OCH3 is 1. The Hall–Kier alpha value is -3.55. The molecule has 1 aliphatic heterocycles. The highest BCUT2D eigenvalue weighted by molar-refractivity contribution is 5.80. The number of hydrogen-bond donors (Lipinski definition) is 1. The Bertz CT molecular complexity index is 1140. The molecule has 1 saturated heterocycles. The molecule has 3 aromatic rings. The van der Waals surface area contributed by atoms with Gasteiger partial charge < -0.3 is 19.5 Å². The number of carbonyl (C=O) groups is 1. The molecule has 1 fully saturated rings. The summed E-state index contributed by atoms with van der Waals surface area (Å²) in [7, 11) is 1.63. The molecule has 1 amide bonds. The second-order valence-corrected chi connectivity index (χ2v) is 6.93. The van der Waals surface area contributed by atoms with Gasteiger partial charge in [0.05, 0.1) is 18.1 Å². The summed E-state index contributed by atoms with van der Waals surface area (Å²) >= 11 is 0. The molecule has 0 atom stereocenters. The fraction of sp³-hybridized carbons (Fsp3) is 0.286. The number of hydrogen-bond acceptors (Lipinski definition) is 5. The molecule has 0 saturated carbocycles. The maximum absolute atomic E-state index is 12.8. The lowest BCUT2D eigenvalue weighted by molar-refractivity contribution is -0.132. The van der Waals surface area contributed by atoms with Crippen LogP contribution in [0.4, 0.5) is 5.69 Å². The number of H-pyrrole nitrogens is 1. The second kappa shape index (κ2) is 7.83. The van der Waals surface area contributed by atoms with Crippen molar-refractivity contribution in [2.45, 2.75) is 6.54 Å². The third-order valence-corrected chi connectivity index (χ3v) is 5.25. The lowest BCUT2D eigenvalue weighted by Gasteiger charge is -2.36. The molecule has 2 aromatic carbocycles. The monoisotopic (exact) mass is 394 g/mol. The van der Waals surface area contributed by atoms with E-state index in [0.29, 0.717) is 37.2 Å². The van der Waals surface area contributed by atoms with E-state index >= 15 is 0 Å². The van der Waals surface area contributed by atoms with Crippen molar-refractivity contribution >= 4 is 22.6 Å². The van der Waals surface area contributed by atoms with E-state index in [1.807, 2.05) is 24.3 Å². The van der Waals surface area contributed by atoms with Gasteiger partial charge in [0.15, 0.2) is 0 Å². The predicted molar refractivity (Wildman–Crippen MR) is 111 cm³/mol. The Morgan fingerprint density at radius 3 is 2.38 bits per heavy atom. The number of piperazine rings is 1. The van der Waals surface area contributed by atoms with Gasteiger partial charge >= 0.3 is 11.1 Å². The molecule has 4 rings (SSSR count). The van der Waals surface area contributed by atoms with Crippen LogP contribution in [0.2, 0.25) is 0 Å². The van der Waals surface area contributed by atoms with Crippen molar-refractivity contribution in [1.82, 2.24) is 14.5 Å². The van der Waals surface area contributed by atoms with Gasteiger partial charge in [0, 0.05) is 31.9 Å². The predicted octanol–water partition coefficient (Wildman–Crippen LogP) is 1.05. The van der Waals surface area contributed by atoms with Crippen molar-refractivity contribution in [2.75, 3.05) is 38.2 Å². The van der Waals surface area contributed by atoms with Crippen molar-refractivity contribution in [3.8, 4) is 5.75 Å². The van der Waals surface area contributed by atoms with Crippen molar-refractivity contribution in [3.05, 3.63) is 69.2 Å². The highest BCUT2D eigenvalue weighted by Gasteiger charge is 2.22. The molecule has 29 heavy (non-hydrogen) atoms. The minimum absolute atomic E-state index is 0.147. The summed E-state index contributed by atoms with van der Waals surface area (Å²) in [5, 5.41) is 0. The summed E-state index contributed by atoms with van der Waals surface area (Å²) in [4.78, 5) is 43.6. The van der Waals surface area contributed by atoms with E-state index in [-0.39, 0.29) is 12.5 Å². The smallest absolute Gasteiger partial charge is 0.317 e. The average Bonchev–Trinajstić information content (AvgIpc) is 2.77. The highest BCUT2D eigenvalue weighted by atomic mass is 16.5. The van der Waals surface area contributed by atoms with E-state index < -0.39 is 11.1 Å². The molecule has 8 nitrogen and oxygen atoms in total. The zero-order valence-electron chi connectivity index (χ0n) is 16.1. The molecule has 0 bridgehead atoms. The van der Waals surface area contributed by atoms with Crippen LogP contribution in [0.15, 0.2) is 58.1 Å². The number of ether oxygens (including phenoxy) is 1. The number of aromatic amines is 1. The topological polar surface area (TPSA) is 87.6 Å². The van der Waals surface area contributed by atoms with Gasteiger partial charge in [-0.3, -0.25) is 19.0 Å². The Morgan fingerprint density at radius 2 is 1.69 bits per heavy atom. The second-order valence-electron chi connectivity index (χ2n) is 6.93. The van der Waals surface area contributed by atoms with E-state index in [9.17, 15) is 14.4 Å². The summed E-state index contributed by atoms with van der Waals surface area (Å²) in [6.45, 7) is 2.36. The molecule has 0 aliphatic carbocycles. The molecule has 1 N–H and O–H groups in total. The van der Waals surface area contributed by atoms with Crippen LogP contribution in [0.1, 0.15) is 0 Å². The SMILES string of the molecule is COc1ccc(N2CCN(C(=O)Cn3c(=O)c(=O)[nH]c4ccccc43)CC2)cc1. The molecule has 1 aromatic heterocycles. The summed E-state index contributed by atoms with van der Waals surface area (Å²) in [6.07, 6.45) is 0. The number of fused-ring (bicyclic) bond motifs is 1. The van der Waals surface area contributed by atoms with Gasteiger partial charge in [0.2, 0.25) is 5.91 Å². The number of rotatable bonds is 4. The maximum atomic E-state index is 12.8. The molecule has 0 spiro atoms. The molecular formula is C21H22N4O4. The summed E-state index contributed by atoms with van der Waals surface area (Å²) in [5.74, 6) is 0.635. The summed E-state index contributed by atoms with van der Waals surface area (Å²) in [5.41, 5.74) is 0.723. The molecule has 2 heterocycles. The van der Waals surface area contributed by atoms with Crippen molar-refractivity contribution in [2.24, 2.45) is 0 Å². The van der Waals surface area contributed by atoms with Crippen LogP contribution >= 0.6 is 0 Å². The standard InChI is InChI=1S/C21H22N4O4/c1-29-16-8-6-15(7-9-16)23-10-12-24(13-11-23)19(26)14-25-18-5-3-2-4-17(18)22-20(27)21(25)28/h2-9H,10-14H2,1H3,(H,22,27). The lowest BCUT2D eigenvalue weighted by Crippen LogP contribution is -2.50. The largest absolute Gasteiger partial charge is 0.497 e. The lowest BCUT2D eigenvalue weighted by atomic mass is 10.2. The fourth-order valence-corrected chi connectivity index (χ4v) is 3.62. The minimum Gasteiger partial charge on any atom is -0.497 e. The van der Waals surface area contributed by atoms with Crippen LogP contribution in [0.5, 0.6) is 5.75 Å². The highest BCUT2D eigenvalue weighted by Crippen LogP contribution is 2.20. The first-order valence-corrected chi connectivity index (χ1v) is 9.45. The first-order valence-electron chi connectivity index (χ1n) is 9.45. The van der Waals surface area contributed by atoms with Crippen LogP contribution < -0.4 is 20.8 Å². The Balaban J connectivity index is 1.47. The zero-order valence-corrected chi connectivity index (χ0v) is 16.1. The van der Waals surface area contributed by atoms with Crippen molar-refractivity contribution in [3.63, 3.8) is 0 Å². The quantitative estimate of drug-likeness (QED) is 0.669. The number of aromatic nitrogens is 2. The zero-order chi connectivity index (χ0) is 20.4. The number of para-hydroxylation sites is 2. The van der Waals surface area contributed by atoms with E-state index in [2.05, 4.69) is 9.88 Å². The number of nitrogens with one attached hydrogen (secondary N) is 1. The van der Waals surface area contributed by atoms with Gasteiger partial charge in [-0.2, -0.15) is 0 Å². The summed E-state index contributed by atoms with van der Waals surface area (Å²) in [6, 6.07) is 14.8. The minimum atomic E-state index is -0.721. The Labute approximate surface area is 166 Å². The van der Waals surface area contributed by atoms with Crippen molar-refractivity contribution in [1.29, 1.82) is 0 Å². The molecule has 0 radical (unpaired) electrons. The number of nitrogens with zero attached hydrogens (tertiary/aromatic N) is 3. The molecule has 8 heteroatoms. The van der Waals surface area contributed by atoms with Gasteiger partial charge in [0.25, 0.3) is 0 Å². The first-order chi connectivity index (χ1) is 14.1.